The summed E-state index contributed by atoms with van der Waals surface area (Å²) in [6.07, 6.45) is 5.30. The van der Waals surface area contributed by atoms with Gasteiger partial charge in [-0.15, -0.1) is 11.6 Å². The summed E-state index contributed by atoms with van der Waals surface area (Å²) in [6.45, 7) is 0. The second-order valence-corrected chi connectivity index (χ2v) is 6.16. The van der Waals surface area contributed by atoms with Crippen molar-refractivity contribution in [2.45, 2.75) is 37.6 Å². The molecule has 0 aromatic carbocycles. The molecular weight excluding hydrogens is 274 g/mol. The number of halogens is 1. The molecule has 0 N–H and O–H groups in total. The molecule has 0 atom stereocenters. The van der Waals surface area contributed by atoms with Crippen LogP contribution in [0.2, 0.25) is 0 Å². The maximum Gasteiger partial charge on any atom is 0.215 e. The Labute approximate surface area is 123 Å². The molecule has 0 amide bonds. The van der Waals surface area contributed by atoms with E-state index in [9.17, 15) is 0 Å². The van der Waals surface area contributed by atoms with Crippen LogP contribution in [0.15, 0.2) is 12.1 Å². The molecular formula is C15H18ClN3O. The third-order valence-corrected chi connectivity index (χ3v) is 4.66. The molecule has 4 nitrogen and oxygen atoms in total. The van der Waals surface area contributed by atoms with Crippen LogP contribution < -0.4 is 4.74 Å². The second kappa shape index (κ2) is 4.62. The van der Waals surface area contributed by atoms with Crippen LogP contribution in [0.25, 0.3) is 11.2 Å². The number of aromatic nitrogens is 3. The van der Waals surface area contributed by atoms with E-state index < -0.39 is 0 Å². The summed E-state index contributed by atoms with van der Waals surface area (Å²) < 4.78 is 7.57. The summed E-state index contributed by atoms with van der Waals surface area (Å²) in [5.74, 6) is 3.61. The summed E-state index contributed by atoms with van der Waals surface area (Å²) in [6, 6.07) is 4.37. The first-order valence-corrected chi connectivity index (χ1v) is 7.83. The van der Waals surface area contributed by atoms with Gasteiger partial charge in [0, 0.05) is 12.1 Å². The number of nitrogens with zero attached hydrogens (tertiary/aromatic N) is 3. The minimum absolute atomic E-state index is 0.439. The third kappa shape index (κ3) is 1.97. The average molecular weight is 292 g/mol. The lowest BCUT2D eigenvalue weighted by Gasteiger charge is -2.20. The van der Waals surface area contributed by atoms with Gasteiger partial charge in [0.15, 0.2) is 5.65 Å². The lowest BCUT2D eigenvalue weighted by atomic mass is 10.1. The molecule has 2 aromatic rings. The molecule has 2 saturated carbocycles. The molecule has 5 heteroatoms. The van der Waals surface area contributed by atoms with E-state index in [1.165, 1.54) is 25.7 Å². The molecule has 0 spiro atoms. The van der Waals surface area contributed by atoms with Crippen LogP contribution in [-0.4, -0.2) is 21.6 Å². The van der Waals surface area contributed by atoms with Gasteiger partial charge in [-0.2, -0.15) is 4.98 Å². The van der Waals surface area contributed by atoms with E-state index in [0.29, 0.717) is 17.8 Å². The van der Waals surface area contributed by atoms with Gasteiger partial charge in [-0.1, -0.05) is 0 Å². The molecule has 20 heavy (non-hydrogen) atoms. The van der Waals surface area contributed by atoms with Gasteiger partial charge >= 0.3 is 0 Å². The molecule has 0 radical (unpaired) electrons. The summed E-state index contributed by atoms with van der Waals surface area (Å²) >= 11 is 6.13. The van der Waals surface area contributed by atoms with Gasteiger partial charge in [-0.3, -0.25) is 0 Å². The van der Waals surface area contributed by atoms with Crippen molar-refractivity contribution in [3.8, 4) is 5.88 Å². The molecule has 2 aliphatic rings. The lowest BCUT2D eigenvalue weighted by Crippen LogP contribution is -2.16. The Morgan fingerprint density at radius 3 is 2.50 bits per heavy atom. The van der Waals surface area contributed by atoms with E-state index in [1.54, 1.807) is 7.11 Å². The number of hydrogen-bond donors (Lipinski definition) is 0. The van der Waals surface area contributed by atoms with Gasteiger partial charge in [0.2, 0.25) is 5.88 Å². The predicted octanol–water partition coefficient (Wildman–Crippen LogP) is 3.54. The molecule has 0 unspecified atom stereocenters. The smallest absolute Gasteiger partial charge is 0.215 e. The minimum Gasteiger partial charge on any atom is -0.481 e. The van der Waals surface area contributed by atoms with Gasteiger partial charge in [-0.25, -0.2) is 4.98 Å². The Morgan fingerprint density at radius 2 is 1.95 bits per heavy atom. The summed E-state index contributed by atoms with van der Waals surface area (Å²) in [7, 11) is 1.65. The molecule has 0 aliphatic heterocycles. The average Bonchev–Trinajstić information content (AvgIpc) is 3.37. The minimum atomic E-state index is 0.439. The number of fused-ring (bicyclic) bond motifs is 1. The largest absolute Gasteiger partial charge is 0.481 e. The number of ether oxygens (including phenoxy) is 1. The van der Waals surface area contributed by atoms with Crippen molar-refractivity contribution in [3.05, 3.63) is 18.0 Å². The Morgan fingerprint density at radius 1 is 1.25 bits per heavy atom. The fourth-order valence-corrected chi connectivity index (χ4v) is 3.40. The highest BCUT2D eigenvalue weighted by molar-refractivity contribution is 6.16. The van der Waals surface area contributed by atoms with Gasteiger partial charge in [0.1, 0.15) is 11.3 Å². The number of alkyl halides is 1. The Kier molecular flexibility index (Phi) is 2.88. The highest BCUT2D eigenvalue weighted by atomic mass is 35.5. The number of pyridine rings is 1. The van der Waals surface area contributed by atoms with Gasteiger partial charge < -0.3 is 9.30 Å². The van der Waals surface area contributed by atoms with E-state index in [4.69, 9.17) is 16.3 Å². The maximum absolute atomic E-state index is 6.13. The highest BCUT2D eigenvalue weighted by Gasteiger charge is 2.44. The van der Waals surface area contributed by atoms with Crippen molar-refractivity contribution in [2.24, 2.45) is 11.8 Å². The lowest BCUT2D eigenvalue weighted by molar-refractivity contribution is 0.385. The van der Waals surface area contributed by atoms with Crippen molar-refractivity contribution in [3.63, 3.8) is 0 Å². The van der Waals surface area contributed by atoms with Gasteiger partial charge in [-0.05, 0) is 43.6 Å². The molecule has 4 rings (SSSR count). The normalized spacial score (nSPS) is 18.9. The van der Waals surface area contributed by atoms with Gasteiger partial charge in [0.05, 0.1) is 13.0 Å². The van der Waals surface area contributed by atoms with Crippen molar-refractivity contribution in [1.29, 1.82) is 0 Å². The molecule has 2 aliphatic carbocycles. The highest BCUT2D eigenvalue weighted by Crippen LogP contribution is 2.53. The zero-order valence-electron chi connectivity index (χ0n) is 11.6. The predicted molar refractivity (Wildman–Crippen MR) is 78.1 cm³/mol. The molecule has 2 heterocycles. The van der Waals surface area contributed by atoms with E-state index in [1.807, 2.05) is 12.1 Å². The SMILES string of the molecule is COc1ccc2nc(CCl)n(C(C3CC3)C3CC3)c2n1. The van der Waals surface area contributed by atoms with Crippen LogP contribution in [0.1, 0.15) is 37.5 Å². The van der Waals surface area contributed by atoms with Crippen LogP contribution in [0, 0.1) is 11.8 Å². The fourth-order valence-electron chi connectivity index (χ4n) is 3.21. The first-order valence-electron chi connectivity index (χ1n) is 7.29. The van der Waals surface area contributed by atoms with Crippen molar-refractivity contribution >= 4 is 22.8 Å². The number of methoxy groups -OCH3 is 1. The molecule has 106 valence electrons. The second-order valence-electron chi connectivity index (χ2n) is 5.89. The molecule has 0 saturated heterocycles. The van der Waals surface area contributed by atoms with E-state index in [-0.39, 0.29) is 0 Å². The summed E-state index contributed by atoms with van der Waals surface area (Å²) in [5, 5.41) is 0. The van der Waals surface area contributed by atoms with E-state index in [2.05, 4.69) is 14.5 Å². The first-order chi connectivity index (χ1) is 9.81. The van der Waals surface area contributed by atoms with Crippen LogP contribution in [0.3, 0.4) is 0 Å². The monoisotopic (exact) mass is 291 g/mol. The van der Waals surface area contributed by atoms with Crippen LogP contribution >= 0.6 is 11.6 Å². The number of hydrogen-bond acceptors (Lipinski definition) is 3. The molecule has 0 bridgehead atoms. The van der Waals surface area contributed by atoms with Crippen molar-refractivity contribution in [1.82, 2.24) is 14.5 Å². The van der Waals surface area contributed by atoms with Crippen LogP contribution in [0.5, 0.6) is 5.88 Å². The summed E-state index contributed by atoms with van der Waals surface area (Å²) in [5.41, 5.74) is 1.86. The zero-order chi connectivity index (χ0) is 13.7. The number of imidazole rings is 1. The third-order valence-electron chi connectivity index (χ3n) is 4.42. The number of rotatable bonds is 5. The van der Waals surface area contributed by atoms with E-state index in [0.717, 1.165) is 28.8 Å². The Balaban J connectivity index is 1.89. The quantitative estimate of drug-likeness (QED) is 0.791. The zero-order valence-corrected chi connectivity index (χ0v) is 12.3. The molecule has 2 fully saturated rings. The van der Waals surface area contributed by atoms with Crippen molar-refractivity contribution < 1.29 is 4.74 Å². The molecule has 2 aromatic heterocycles. The van der Waals surface area contributed by atoms with E-state index >= 15 is 0 Å². The standard InChI is InChI=1S/C15H18ClN3O/c1-20-13-7-6-11-15(18-13)19(12(8-16)17-11)14(9-2-3-9)10-4-5-10/h6-7,9-10,14H,2-5,8H2,1H3. The summed E-state index contributed by atoms with van der Waals surface area (Å²) in [4.78, 5) is 9.28. The first kappa shape index (κ1) is 12.5. The maximum atomic E-state index is 6.13. The van der Waals surface area contributed by atoms with Gasteiger partial charge in [0.25, 0.3) is 0 Å². The Hall–Kier alpha value is -1.29. The van der Waals surface area contributed by atoms with Crippen molar-refractivity contribution in [2.75, 3.05) is 7.11 Å². The fraction of sp³-hybridized carbons (Fsp3) is 0.600. The van der Waals surface area contributed by atoms with Crippen LogP contribution in [-0.2, 0) is 5.88 Å². The topological polar surface area (TPSA) is 39.9 Å². The Bertz CT molecular complexity index is 634. The van der Waals surface area contributed by atoms with Crippen LogP contribution in [0.4, 0.5) is 0 Å².